The minimum Gasteiger partial charge on any atom is -0.493 e. The minimum absolute atomic E-state index is 0.0299. The average molecular weight is 341 g/mol. The number of aryl methyl sites for hydroxylation is 1. The van der Waals surface area contributed by atoms with Crippen molar-refractivity contribution < 1.29 is 23.8 Å². The van der Waals surface area contributed by atoms with Gasteiger partial charge < -0.3 is 19.5 Å². The third kappa shape index (κ3) is 3.28. The second kappa shape index (κ2) is 6.84. The van der Waals surface area contributed by atoms with Gasteiger partial charge in [0.1, 0.15) is 11.7 Å². The molecule has 1 unspecified atom stereocenters. The van der Waals surface area contributed by atoms with E-state index in [2.05, 4.69) is 5.32 Å². The summed E-state index contributed by atoms with van der Waals surface area (Å²) in [5, 5.41) is 2.81. The lowest BCUT2D eigenvalue weighted by Gasteiger charge is -2.12. The van der Waals surface area contributed by atoms with Crippen LogP contribution in [-0.2, 0) is 9.53 Å². The fourth-order valence-corrected chi connectivity index (χ4v) is 2.84. The molecule has 0 spiro atoms. The highest BCUT2D eigenvalue weighted by molar-refractivity contribution is 5.99. The van der Waals surface area contributed by atoms with Crippen molar-refractivity contribution in [3.8, 4) is 11.5 Å². The number of rotatable bonds is 5. The molecule has 0 aliphatic carbocycles. The van der Waals surface area contributed by atoms with E-state index >= 15 is 0 Å². The number of hydrogen-bond donors (Lipinski definition) is 1. The molecule has 1 aliphatic rings. The maximum atomic E-state index is 12.3. The first-order chi connectivity index (χ1) is 12.0. The molecular weight excluding hydrogens is 322 g/mol. The van der Waals surface area contributed by atoms with Crippen LogP contribution in [0.2, 0.25) is 0 Å². The van der Waals surface area contributed by atoms with E-state index in [1.807, 2.05) is 31.2 Å². The third-order valence-corrected chi connectivity index (χ3v) is 4.08. The van der Waals surface area contributed by atoms with Crippen molar-refractivity contribution in [1.82, 2.24) is 0 Å². The van der Waals surface area contributed by atoms with Crippen molar-refractivity contribution in [2.75, 3.05) is 19.5 Å². The van der Waals surface area contributed by atoms with Crippen LogP contribution in [0.1, 0.15) is 34.0 Å². The Labute approximate surface area is 145 Å². The van der Waals surface area contributed by atoms with Crippen molar-refractivity contribution in [1.29, 1.82) is 0 Å². The van der Waals surface area contributed by atoms with Crippen molar-refractivity contribution in [3.05, 3.63) is 53.1 Å². The predicted octanol–water partition coefficient (Wildman–Crippen LogP) is 3.25. The average Bonchev–Trinajstić information content (AvgIpc) is 2.91. The molecule has 0 radical (unpaired) electrons. The van der Waals surface area contributed by atoms with Crippen LogP contribution in [0.25, 0.3) is 0 Å². The first-order valence-corrected chi connectivity index (χ1v) is 7.86. The van der Waals surface area contributed by atoms with Crippen LogP contribution in [0, 0.1) is 6.92 Å². The molecule has 2 aromatic carbocycles. The molecule has 6 nitrogen and oxygen atoms in total. The molecule has 1 atom stereocenters. The Hall–Kier alpha value is -3.02. The van der Waals surface area contributed by atoms with Gasteiger partial charge in [-0.25, -0.2) is 4.79 Å². The second-order valence-electron chi connectivity index (χ2n) is 5.78. The van der Waals surface area contributed by atoms with Gasteiger partial charge in [-0.05, 0) is 25.1 Å². The number of esters is 1. The Morgan fingerprint density at radius 1 is 1.12 bits per heavy atom. The van der Waals surface area contributed by atoms with Gasteiger partial charge in [-0.2, -0.15) is 0 Å². The van der Waals surface area contributed by atoms with Crippen LogP contribution in [0.3, 0.4) is 0 Å². The first kappa shape index (κ1) is 16.8. The summed E-state index contributed by atoms with van der Waals surface area (Å²) in [6.45, 7) is 1.97. The number of methoxy groups -OCH3 is 2. The van der Waals surface area contributed by atoms with E-state index in [1.165, 1.54) is 14.2 Å². The lowest BCUT2D eigenvalue weighted by atomic mass is 10.0. The van der Waals surface area contributed by atoms with Crippen molar-refractivity contribution in [2.24, 2.45) is 0 Å². The number of cyclic esters (lactones) is 1. The molecule has 25 heavy (non-hydrogen) atoms. The zero-order valence-corrected chi connectivity index (χ0v) is 14.3. The number of carbonyl (C=O) groups is 2. The van der Waals surface area contributed by atoms with Crippen LogP contribution in [0.5, 0.6) is 11.5 Å². The highest BCUT2D eigenvalue weighted by Gasteiger charge is 2.36. The number of nitrogens with one attached hydrogen (secondary N) is 1. The number of fused-ring (bicyclic) bond motifs is 1. The van der Waals surface area contributed by atoms with Gasteiger partial charge in [0.25, 0.3) is 0 Å². The maximum absolute atomic E-state index is 12.3. The zero-order valence-electron chi connectivity index (χ0n) is 14.3. The standard InChI is InChI=1S/C19H19NO5/c1-11-4-6-12(7-5-11)20-16(21)10-15-13-8-9-14(23-2)18(24-3)17(13)19(22)25-15/h4-9,15H,10H2,1-3H3,(H,20,21). The van der Waals surface area contributed by atoms with Gasteiger partial charge in [0.2, 0.25) is 5.91 Å². The number of ether oxygens (including phenoxy) is 3. The van der Waals surface area contributed by atoms with E-state index in [0.29, 0.717) is 28.3 Å². The Bertz CT molecular complexity index is 813. The summed E-state index contributed by atoms with van der Waals surface area (Å²) in [7, 11) is 2.96. The van der Waals surface area contributed by atoms with Gasteiger partial charge in [0.05, 0.1) is 20.6 Å². The quantitative estimate of drug-likeness (QED) is 0.845. The van der Waals surface area contributed by atoms with Gasteiger partial charge in [-0.3, -0.25) is 4.79 Å². The van der Waals surface area contributed by atoms with Crippen molar-refractivity contribution >= 4 is 17.6 Å². The SMILES string of the molecule is COc1ccc2c(c1OC)C(=O)OC2CC(=O)Nc1ccc(C)cc1. The van der Waals surface area contributed by atoms with E-state index in [4.69, 9.17) is 14.2 Å². The fraction of sp³-hybridized carbons (Fsp3) is 0.263. The van der Waals surface area contributed by atoms with Gasteiger partial charge >= 0.3 is 5.97 Å². The number of hydrogen-bond acceptors (Lipinski definition) is 5. The van der Waals surface area contributed by atoms with Crippen LogP contribution in [-0.4, -0.2) is 26.1 Å². The molecule has 1 aliphatic heterocycles. The fourth-order valence-electron chi connectivity index (χ4n) is 2.84. The van der Waals surface area contributed by atoms with E-state index < -0.39 is 12.1 Å². The lowest BCUT2D eigenvalue weighted by molar-refractivity contribution is -0.118. The van der Waals surface area contributed by atoms with Crippen LogP contribution >= 0.6 is 0 Å². The number of anilines is 1. The Kier molecular flexibility index (Phi) is 4.61. The zero-order chi connectivity index (χ0) is 18.0. The summed E-state index contributed by atoms with van der Waals surface area (Å²) < 4.78 is 15.9. The smallest absolute Gasteiger partial charge is 0.343 e. The van der Waals surface area contributed by atoms with Crippen molar-refractivity contribution in [2.45, 2.75) is 19.4 Å². The third-order valence-electron chi connectivity index (χ3n) is 4.08. The monoisotopic (exact) mass is 341 g/mol. The normalized spacial score (nSPS) is 15.3. The molecule has 1 amide bonds. The molecule has 1 N–H and O–H groups in total. The molecule has 6 heteroatoms. The summed E-state index contributed by atoms with van der Waals surface area (Å²) in [6, 6.07) is 10.9. The van der Waals surface area contributed by atoms with Gasteiger partial charge in [0, 0.05) is 11.3 Å². The van der Waals surface area contributed by atoms with E-state index in [0.717, 1.165) is 5.56 Å². The molecule has 0 fully saturated rings. The summed E-state index contributed by atoms with van der Waals surface area (Å²) >= 11 is 0. The predicted molar refractivity (Wildman–Crippen MR) is 92.1 cm³/mol. The number of carbonyl (C=O) groups excluding carboxylic acids is 2. The summed E-state index contributed by atoms with van der Waals surface area (Å²) in [4.78, 5) is 24.5. The lowest BCUT2D eigenvalue weighted by Crippen LogP contribution is -2.15. The summed E-state index contributed by atoms with van der Waals surface area (Å²) in [5.41, 5.74) is 2.75. The van der Waals surface area contributed by atoms with Crippen LogP contribution in [0.15, 0.2) is 36.4 Å². The van der Waals surface area contributed by atoms with E-state index in [9.17, 15) is 9.59 Å². The Balaban J connectivity index is 1.79. The highest BCUT2D eigenvalue weighted by Crippen LogP contribution is 2.42. The molecule has 0 aromatic heterocycles. The summed E-state index contributed by atoms with van der Waals surface area (Å²) in [6.07, 6.45) is -0.616. The molecular formula is C19H19NO5. The summed E-state index contributed by atoms with van der Waals surface area (Å²) in [5.74, 6) is 0.0255. The largest absolute Gasteiger partial charge is 0.493 e. The number of benzene rings is 2. The maximum Gasteiger partial charge on any atom is 0.343 e. The minimum atomic E-state index is -0.646. The highest BCUT2D eigenvalue weighted by atomic mass is 16.6. The molecule has 2 aromatic rings. The second-order valence-corrected chi connectivity index (χ2v) is 5.78. The van der Waals surface area contributed by atoms with Crippen LogP contribution in [0.4, 0.5) is 5.69 Å². The Morgan fingerprint density at radius 2 is 1.84 bits per heavy atom. The molecule has 0 bridgehead atoms. The van der Waals surface area contributed by atoms with Crippen molar-refractivity contribution in [3.63, 3.8) is 0 Å². The number of amides is 1. The Morgan fingerprint density at radius 3 is 2.48 bits per heavy atom. The first-order valence-electron chi connectivity index (χ1n) is 7.86. The van der Waals surface area contributed by atoms with Gasteiger partial charge in [0.15, 0.2) is 11.5 Å². The van der Waals surface area contributed by atoms with E-state index in [1.54, 1.807) is 12.1 Å². The molecule has 0 saturated heterocycles. The van der Waals surface area contributed by atoms with Crippen LogP contribution < -0.4 is 14.8 Å². The molecule has 3 rings (SSSR count). The van der Waals surface area contributed by atoms with Gasteiger partial charge in [-0.1, -0.05) is 23.8 Å². The molecule has 0 saturated carbocycles. The molecule has 1 heterocycles. The van der Waals surface area contributed by atoms with Gasteiger partial charge in [-0.15, -0.1) is 0 Å². The topological polar surface area (TPSA) is 73.9 Å². The van der Waals surface area contributed by atoms with E-state index in [-0.39, 0.29) is 12.3 Å². The molecule has 130 valence electrons.